The third kappa shape index (κ3) is 2.96. The van der Waals surface area contributed by atoms with Crippen molar-refractivity contribution >= 4 is 6.21 Å². The Hall–Kier alpha value is -2.23. The van der Waals surface area contributed by atoms with E-state index in [9.17, 15) is 8.78 Å². The van der Waals surface area contributed by atoms with Crippen molar-refractivity contribution < 1.29 is 13.6 Å². The topological polar surface area (TPSA) is 21.6 Å². The van der Waals surface area contributed by atoms with Gasteiger partial charge >= 0.3 is 0 Å². The fourth-order valence-corrected chi connectivity index (χ4v) is 1.81. The quantitative estimate of drug-likeness (QED) is 0.606. The lowest BCUT2D eigenvalue weighted by Crippen LogP contribution is -1.92. The van der Waals surface area contributed by atoms with E-state index in [4.69, 9.17) is 0 Å². The van der Waals surface area contributed by atoms with E-state index in [-0.39, 0.29) is 5.82 Å². The maximum atomic E-state index is 13.9. The number of halogens is 2. The van der Waals surface area contributed by atoms with Crippen LogP contribution in [0.25, 0.3) is 11.1 Å². The molecule has 0 spiro atoms. The molecule has 2 aromatic carbocycles. The van der Waals surface area contributed by atoms with Gasteiger partial charge in [-0.15, -0.1) is 0 Å². The van der Waals surface area contributed by atoms with Crippen molar-refractivity contribution in [2.75, 3.05) is 7.11 Å². The lowest BCUT2D eigenvalue weighted by Gasteiger charge is -2.07. The van der Waals surface area contributed by atoms with Gasteiger partial charge < -0.3 is 4.84 Å². The molecule has 0 aliphatic carbocycles. The van der Waals surface area contributed by atoms with E-state index >= 15 is 0 Å². The van der Waals surface area contributed by atoms with Gasteiger partial charge in [-0.3, -0.25) is 0 Å². The summed E-state index contributed by atoms with van der Waals surface area (Å²) in [7, 11) is 1.39. The summed E-state index contributed by atoms with van der Waals surface area (Å²) in [5, 5.41) is 3.51. The van der Waals surface area contributed by atoms with Crippen LogP contribution in [-0.2, 0) is 4.84 Å². The molecule has 0 fully saturated rings. The van der Waals surface area contributed by atoms with E-state index < -0.39 is 5.82 Å². The smallest absolute Gasteiger partial charge is 0.132 e. The van der Waals surface area contributed by atoms with Crippen LogP contribution >= 0.6 is 0 Å². The van der Waals surface area contributed by atoms with Gasteiger partial charge in [-0.1, -0.05) is 17.3 Å². The molecule has 0 bridgehead atoms. The van der Waals surface area contributed by atoms with Crippen molar-refractivity contribution in [3.63, 3.8) is 0 Å². The van der Waals surface area contributed by atoms with E-state index in [1.165, 1.54) is 31.5 Å². The third-order valence-electron chi connectivity index (χ3n) is 2.81. The molecule has 2 aromatic rings. The summed E-state index contributed by atoms with van der Waals surface area (Å²) in [6, 6.07) is 9.11. The zero-order valence-corrected chi connectivity index (χ0v) is 10.7. The van der Waals surface area contributed by atoms with Crippen molar-refractivity contribution in [3.8, 4) is 11.1 Å². The summed E-state index contributed by atoms with van der Waals surface area (Å²) >= 11 is 0. The van der Waals surface area contributed by atoms with Crippen molar-refractivity contribution in [2.45, 2.75) is 6.92 Å². The number of rotatable bonds is 3. The van der Waals surface area contributed by atoms with Crippen LogP contribution in [0.3, 0.4) is 0 Å². The normalized spacial score (nSPS) is 10.9. The van der Waals surface area contributed by atoms with E-state index in [0.29, 0.717) is 16.7 Å². The van der Waals surface area contributed by atoms with Crippen LogP contribution in [0, 0.1) is 18.6 Å². The van der Waals surface area contributed by atoms with Gasteiger partial charge in [-0.2, -0.15) is 0 Å². The molecule has 0 atom stereocenters. The van der Waals surface area contributed by atoms with Crippen LogP contribution in [0.15, 0.2) is 41.6 Å². The molecule has 0 saturated carbocycles. The minimum atomic E-state index is -0.429. The van der Waals surface area contributed by atoms with Crippen LogP contribution in [0.5, 0.6) is 0 Å². The minimum absolute atomic E-state index is 0.319. The first kappa shape index (κ1) is 13.2. The summed E-state index contributed by atoms with van der Waals surface area (Å²) in [4.78, 5) is 4.50. The molecule has 0 unspecified atom stereocenters. The van der Waals surface area contributed by atoms with E-state index in [0.717, 1.165) is 5.56 Å². The highest BCUT2D eigenvalue weighted by atomic mass is 19.1. The van der Waals surface area contributed by atoms with Crippen LogP contribution < -0.4 is 0 Å². The fourth-order valence-electron chi connectivity index (χ4n) is 1.81. The minimum Gasteiger partial charge on any atom is -0.399 e. The predicted octanol–water partition coefficient (Wildman–Crippen LogP) is 3.92. The summed E-state index contributed by atoms with van der Waals surface area (Å²) in [5.41, 5.74) is 2.51. The van der Waals surface area contributed by atoms with Crippen LogP contribution in [0.1, 0.15) is 11.1 Å². The molecule has 0 aliphatic rings. The molecule has 0 aliphatic heterocycles. The number of hydrogen-bond acceptors (Lipinski definition) is 2. The van der Waals surface area contributed by atoms with Gasteiger partial charge in [0, 0.05) is 5.56 Å². The lowest BCUT2D eigenvalue weighted by atomic mass is 9.99. The van der Waals surface area contributed by atoms with Gasteiger partial charge in [0.2, 0.25) is 0 Å². The number of hydrogen-bond donors (Lipinski definition) is 0. The molecule has 0 aromatic heterocycles. The maximum absolute atomic E-state index is 13.9. The molecule has 0 radical (unpaired) electrons. The van der Waals surface area contributed by atoms with Crippen LogP contribution in [0.4, 0.5) is 8.78 Å². The summed E-state index contributed by atoms with van der Waals surface area (Å²) in [5.74, 6) is -0.770. The first-order chi connectivity index (χ1) is 9.11. The molecule has 98 valence electrons. The molecular formula is C15H13F2NO. The van der Waals surface area contributed by atoms with Crippen LogP contribution in [0.2, 0.25) is 0 Å². The molecule has 19 heavy (non-hydrogen) atoms. The third-order valence-corrected chi connectivity index (χ3v) is 2.81. The monoisotopic (exact) mass is 261 g/mol. The maximum Gasteiger partial charge on any atom is 0.132 e. The molecule has 0 saturated heterocycles. The van der Waals surface area contributed by atoms with E-state index in [1.54, 1.807) is 18.2 Å². The zero-order chi connectivity index (χ0) is 13.8. The van der Waals surface area contributed by atoms with Gasteiger partial charge in [0.15, 0.2) is 0 Å². The molecule has 0 heterocycles. The Kier molecular flexibility index (Phi) is 3.90. The highest BCUT2D eigenvalue weighted by Crippen LogP contribution is 2.25. The molecule has 2 rings (SSSR count). The highest BCUT2D eigenvalue weighted by Gasteiger charge is 2.07. The lowest BCUT2D eigenvalue weighted by molar-refractivity contribution is 0.215. The average molecular weight is 261 g/mol. The Morgan fingerprint density at radius 1 is 1.11 bits per heavy atom. The summed E-state index contributed by atoms with van der Waals surface area (Å²) in [6.45, 7) is 1.85. The Morgan fingerprint density at radius 3 is 2.58 bits per heavy atom. The van der Waals surface area contributed by atoms with Gasteiger partial charge in [0.05, 0.1) is 6.21 Å². The number of aryl methyl sites for hydroxylation is 1. The Bertz CT molecular complexity index is 624. The van der Waals surface area contributed by atoms with Crippen molar-refractivity contribution in [1.29, 1.82) is 0 Å². The SMILES string of the molecule is CO/N=C/c1ccc(-c2cc(F)ccc2C)cc1F. The standard InChI is InChI=1S/C15H13F2NO/c1-10-3-6-13(16)8-14(10)11-4-5-12(9-18-19-2)15(17)7-11/h3-9H,1-2H3/b18-9+. The zero-order valence-electron chi connectivity index (χ0n) is 10.7. The Morgan fingerprint density at radius 2 is 1.89 bits per heavy atom. The van der Waals surface area contributed by atoms with Gasteiger partial charge in [-0.25, -0.2) is 8.78 Å². The van der Waals surface area contributed by atoms with E-state index in [1.807, 2.05) is 6.92 Å². The summed E-state index contributed by atoms with van der Waals surface area (Å²) in [6.07, 6.45) is 1.29. The van der Waals surface area contributed by atoms with Crippen molar-refractivity contribution in [3.05, 3.63) is 59.2 Å². The predicted molar refractivity (Wildman–Crippen MR) is 71.1 cm³/mol. The molecule has 0 N–H and O–H groups in total. The second-order valence-electron chi connectivity index (χ2n) is 4.11. The van der Waals surface area contributed by atoms with Gasteiger partial charge in [0.1, 0.15) is 18.7 Å². The molecule has 2 nitrogen and oxygen atoms in total. The second-order valence-corrected chi connectivity index (χ2v) is 4.11. The first-order valence-corrected chi connectivity index (χ1v) is 5.74. The van der Waals surface area contributed by atoms with Crippen molar-refractivity contribution in [1.82, 2.24) is 0 Å². The second kappa shape index (κ2) is 5.61. The molecule has 0 amide bonds. The Labute approximate surface area is 110 Å². The van der Waals surface area contributed by atoms with Gasteiger partial charge in [-0.05, 0) is 47.9 Å². The number of oxime groups is 1. The number of nitrogens with zero attached hydrogens (tertiary/aromatic N) is 1. The average Bonchev–Trinajstić information content (AvgIpc) is 2.40. The Balaban J connectivity index is 2.44. The highest BCUT2D eigenvalue weighted by molar-refractivity contribution is 5.81. The molecule has 4 heteroatoms. The largest absolute Gasteiger partial charge is 0.399 e. The fraction of sp³-hybridized carbons (Fsp3) is 0.133. The van der Waals surface area contributed by atoms with E-state index in [2.05, 4.69) is 9.99 Å². The first-order valence-electron chi connectivity index (χ1n) is 5.74. The van der Waals surface area contributed by atoms with Crippen molar-refractivity contribution in [2.24, 2.45) is 5.16 Å². The molecular weight excluding hydrogens is 248 g/mol. The van der Waals surface area contributed by atoms with Gasteiger partial charge in [0.25, 0.3) is 0 Å². The number of benzene rings is 2. The van der Waals surface area contributed by atoms with Crippen LogP contribution in [-0.4, -0.2) is 13.3 Å². The summed E-state index contributed by atoms with van der Waals surface area (Å²) < 4.78 is 27.1.